The number of thiazole rings is 2. The van der Waals surface area contributed by atoms with Crippen LogP contribution in [0.25, 0.3) is 0 Å². The van der Waals surface area contributed by atoms with E-state index in [2.05, 4.69) is 88.6 Å². The van der Waals surface area contributed by atoms with Crippen molar-refractivity contribution in [2.45, 2.75) is 17.7 Å². The summed E-state index contributed by atoms with van der Waals surface area (Å²) in [5, 5.41) is 26.5. The summed E-state index contributed by atoms with van der Waals surface area (Å²) >= 11 is 2.74. The van der Waals surface area contributed by atoms with Gasteiger partial charge in [0.15, 0.2) is 16.9 Å². The summed E-state index contributed by atoms with van der Waals surface area (Å²) in [4.78, 5) is 27.9. The molecule has 0 aliphatic rings. The molecule has 0 saturated carbocycles. The molecule has 0 bridgehead atoms. The molecule has 2 aromatic heterocycles. The molecule has 6 aromatic carbocycles. The third-order valence-corrected chi connectivity index (χ3v) is 11.3. The van der Waals surface area contributed by atoms with Gasteiger partial charge in [-0.2, -0.15) is 0 Å². The monoisotopic (exact) mass is 783 g/mol. The van der Waals surface area contributed by atoms with Crippen LogP contribution in [0.2, 0.25) is 0 Å². The molecular weight excluding hydrogens is 747 g/mol. The number of hydrogen-bond donors (Lipinski definition) is 3. The minimum absolute atomic E-state index is 0.0433. The van der Waals surface area contributed by atoms with Gasteiger partial charge in [0.2, 0.25) is 5.71 Å². The van der Waals surface area contributed by atoms with Crippen LogP contribution in [0.15, 0.2) is 198 Å². The smallest absolute Gasteiger partial charge is 0.360 e. The van der Waals surface area contributed by atoms with Crippen LogP contribution in [0.3, 0.4) is 0 Å². The van der Waals surface area contributed by atoms with E-state index in [1.807, 2.05) is 115 Å². The first-order valence-electron chi connectivity index (χ1n) is 18.3. The summed E-state index contributed by atoms with van der Waals surface area (Å²) in [6.07, 6.45) is 0. The quantitative estimate of drug-likeness (QED) is 0.0540. The molecule has 3 N–H and O–H groups in total. The van der Waals surface area contributed by atoms with Gasteiger partial charge in [-0.15, -0.1) is 22.7 Å². The van der Waals surface area contributed by atoms with Crippen LogP contribution in [0.1, 0.15) is 44.8 Å². The van der Waals surface area contributed by atoms with Gasteiger partial charge < -0.3 is 20.6 Å². The molecule has 8 aromatic rings. The summed E-state index contributed by atoms with van der Waals surface area (Å²) in [6.45, 7) is -0.0433. The van der Waals surface area contributed by atoms with E-state index in [9.17, 15) is 9.90 Å². The molecule has 0 aliphatic heterocycles. The minimum atomic E-state index is -1.26. The summed E-state index contributed by atoms with van der Waals surface area (Å²) in [7, 11) is 0. The Hall–Kier alpha value is -6.88. The molecular formula is C47H37N5O3S2. The van der Waals surface area contributed by atoms with Gasteiger partial charge in [-0.05, 0) is 33.4 Å². The lowest BCUT2D eigenvalue weighted by molar-refractivity contribution is -0.129. The molecule has 0 spiro atoms. The van der Waals surface area contributed by atoms with E-state index in [0.29, 0.717) is 16.0 Å². The van der Waals surface area contributed by atoms with E-state index < -0.39 is 17.0 Å². The van der Waals surface area contributed by atoms with E-state index in [1.54, 1.807) is 5.38 Å². The van der Waals surface area contributed by atoms with Crippen LogP contribution >= 0.6 is 22.7 Å². The zero-order valence-corrected chi connectivity index (χ0v) is 32.2. The highest BCUT2D eigenvalue weighted by molar-refractivity contribution is 7.14. The fourth-order valence-electron chi connectivity index (χ4n) is 7.11. The zero-order valence-electron chi connectivity index (χ0n) is 30.6. The first-order chi connectivity index (χ1) is 28.1. The number of carboxylic acids is 1. The Balaban J connectivity index is 1.06. The van der Waals surface area contributed by atoms with E-state index >= 15 is 0 Å². The number of nitrogens with one attached hydrogen (secondary N) is 2. The first-order valence-corrected chi connectivity index (χ1v) is 20.1. The van der Waals surface area contributed by atoms with Crippen LogP contribution in [-0.4, -0.2) is 26.8 Å². The highest BCUT2D eigenvalue weighted by Crippen LogP contribution is 2.42. The van der Waals surface area contributed by atoms with Crippen molar-refractivity contribution < 1.29 is 14.7 Å². The van der Waals surface area contributed by atoms with Gasteiger partial charge in [-0.25, -0.2) is 14.8 Å². The fraction of sp³-hybridized carbons (Fsp3) is 0.0638. The largest absolute Gasteiger partial charge is 0.476 e. The van der Waals surface area contributed by atoms with Crippen molar-refractivity contribution >= 4 is 44.6 Å². The highest BCUT2D eigenvalue weighted by Gasteiger charge is 2.38. The van der Waals surface area contributed by atoms with Crippen molar-refractivity contribution in [2.24, 2.45) is 5.16 Å². The molecule has 280 valence electrons. The van der Waals surface area contributed by atoms with E-state index in [-0.39, 0.29) is 18.0 Å². The lowest BCUT2D eigenvalue weighted by Crippen LogP contribution is -2.38. The second-order valence-electron chi connectivity index (χ2n) is 13.1. The minimum Gasteiger partial charge on any atom is -0.476 e. The number of oxime groups is 1. The van der Waals surface area contributed by atoms with Crippen molar-refractivity contribution in [1.82, 2.24) is 9.97 Å². The number of rotatable bonds is 15. The Morgan fingerprint density at radius 2 is 0.860 bits per heavy atom. The predicted octanol–water partition coefficient (Wildman–Crippen LogP) is 10.4. The van der Waals surface area contributed by atoms with Crippen LogP contribution in [0.4, 0.5) is 10.3 Å². The lowest BCUT2D eigenvalue weighted by Gasteiger charge is -2.36. The van der Waals surface area contributed by atoms with Crippen molar-refractivity contribution in [1.29, 1.82) is 0 Å². The normalized spacial score (nSPS) is 11.8. The Morgan fingerprint density at radius 1 is 0.526 bits per heavy atom. The maximum Gasteiger partial charge on any atom is 0.360 e. The number of carboxylic acid groups (broad SMARTS) is 1. The second kappa shape index (κ2) is 16.9. The molecule has 10 heteroatoms. The standard InChI is InChI=1S/C47H37N5O3S2/c53-43(54)42(41-33-57-45(49-41)51-47(37-25-13-4-14-26-37,38-27-15-5-16-28-38)39-29-17-6-18-30-39)52-55-31-40-32-56-44(48-40)50-46(34-19-7-1-8-20-34,35-21-9-2-10-22-35)36-23-11-3-12-24-36/h1-30,32-33H,31H2,(H,48,50)(H,49,51)(H,53,54). The van der Waals surface area contributed by atoms with Gasteiger partial charge in [0, 0.05) is 10.8 Å². The predicted molar refractivity (Wildman–Crippen MR) is 229 cm³/mol. The van der Waals surface area contributed by atoms with Crippen LogP contribution in [0.5, 0.6) is 0 Å². The van der Waals surface area contributed by atoms with Gasteiger partial charge in [-0.1, -0.05) is 187 Å². The Bertz CT molecular complexity index is 2360. The number of aliphatic carboxylic acids is 1. The Morgan fingerprint density at radius 3 is 1.21 bits per heavy atom. The van der Waals surface area contributed by atoms with E-state index in [4.69, 9.17) is 14.8 Å². The molecule has 0 unspecified atom stereocenters. The molecule has 2 heterocycles. The van der Waals surface area contributed by atoms with Crippen LogP contribution in [0, 0.1) is 0 Å². The van der Waals surface area contributed by atoms with E-state index in [1.165, 1.54) is 22.7 Å². The van der Waals surface area contributed by atoms with Gasteiger partial charge in [-0.3, -0.25) is 0 Å². The third-order valence-electron chi connectivity index (χ3n) is 9.70. The molecule has 0 saturated heterocycles. The average molecular weight is 784 g/mol. The van der Waals surface area contributed by atoms with Crippen LogP contribution in [-0.2, 0) is 27.3 Å². The molecule has 0 aliphatic carbocycles. The molecule has 0 atom stereocenters. The van der Waals surface area contributed by atoms with Gasteiger partial charge in [0.25, 0.3) is 0 Å². The van der Waals surface area contributed by atoms with E-state index in [0.717, 1.165) is 33.4 Å². The number of aromatic nitrogens is 2. The Labute approximate surface area is 338 Å². The fourth-order valence-corrected chi connectivity index (χ4v) is 8.61. The molecule has 57 heavy (non-hydrogen) atoms. The molecule has 0 radical (unpaired) electrons. The second-order valence-corrected chi connectivity index (χ2v) is 14.9. The number of nitrogens with zero attached hydrogens (tertiary/aromatic N) is 3. The van der Waals surface area contributed by atoms with Gasteiger partial charge in [0.1, 0.15) is 16.8 Å². The zero-order chi connectivity index (χ0) is 38.9. The van der Waals surface area contributed by atoms with Gasteiger partial charge in [0.05, 0.1) is 5.69 Å². The number of benzene rings is 6. The highest BCUT2D eigenvalue weighted by atomic mass is 32.1. The maximum absolute atomic E-state index is 12.6. The van der Waals surface area contributed by atoms with Gasteiger partial charge >= 0.3 is 5.97 Å². The summed E-state index contributed by atoms with van der Waals surface area (Å²) < 4.78 is 0. The van der Waals surface area contributed by atoms with Crippen molar-refractivity contribution in [3.63, 3.8) is 0 Å². The molecule has 8 nitrogen and oxygen atoms in total. The number of anilines is 2. The summed E-state index contributed by atoms with van der Waals surface area (Å²) in [5.41, 5.74) is 5.05. The number of hydrogen-bond acceptors (Lipinski definition) is 9. The number of carbonyl (C=O) groups is 1. The Kier molecular flexibility index (Phi) is 11.0. The SMILES string of the molecule is O=C(O)C(=NOCc1csc(NC(c2ccccc2)(c2ccccc2)c2ccccc2)n1)c1csc(NC(c2ccccc2)(c2ccccc2)c2ccccc2)n1. The topological polar surface area (TPSA) is 109 Å². The van der Waals surface area contributed by atoms with Crippen molar-refractivity contribution in [2.75, 3.05) is 10.6 Å². The molecule has 0 amide bonds. The summed E-state index contributed by atoms with van der Waals surface area (Å²) in [5.74, 6) is -1.26. The average Bonchev–Trinajstić information content (AvgIpc) is 3.94. The van der Waals surface area contributed by atoms with Crippen molar-refractivity contribution in [3.05, 3.63) is 238 Å². The first kappa shape index (κ1) is 37.1. The third kappa shape index (κ3) is 7.69. The van der Waals surface area contributed by atoms with Crippen LogP contribution < -0.4 is 10.6 Å². The summed E-state index contributed by atoms with van der Waals surface area (Å²) in [6, 6.07) is 61.3. The maximum atomic E-state index is 12.6. The van der Waals surface area contributed by atoms with Crippen molar-refractivity contribution in [3.8, 4) is 0 Å². The lowest BCUT2D eigenvalue weighted by atomic mass is 9.77. The molecule has 8 rings (SSSR count). The molecule has 0 fully saturated rings.